The second kappa shape index (κ2) is 8.23. The lowest BCUT2D eigenvalue weighted by Gasteiger charge is -2.22. The quantitative estimate of drug-likeness (QED) is 0.856. The number of amides is 1. The maximum Gasteiger partial charge on any atom is 0.279 e. The summed E-state index contributed by atoms with van der Waals surface area (Å²) in [6.45, 7) is 7.00. The molecule has 28 heavy (non-hydrogen) atoms. The lowest BCUT2D eigenvalue weighted by molar-refractivity contribution is -0.910. The molecule has 2 aromatic rings. The number of benzene rings is 2. The van der Waals surface area contributed by atoms with E-state index in [-0.39, 0.29) is 5.91 Å². The van der Waals surface area contributed by atoms with Gasteiger partial charge in [0.25, 0.3) is 5.91 Å². The number of rotatable bonds is 4. The molecule has 0 aromatic heterocycles. The van der Waals surface area contributed by atoms with Crippen molar-refractivity contribution in [2.75, 3.05) is 31.6 Å². The van der Waals surface area contributed by atoms with E-state index in [4.69, 9.17) is 9.47 Å². The molecule has 2 aliphatic rings. The zero-order valence-corrected chi connectivity index (χ0v) is 16.7. The lowest BCUT2D eigenvalue weighted by atomic mass is 10.0. The highest BCUT2D eigenvalue weighted by atomic mass is 16.5. The monoisotopic (exact) mass is 381 g/mol. The number of carbonyl (C=O) groups is 1. The Morgan fingerprint density at radius 2 is 1.93 bits per heavy atom. The van der Waals surface area contributed by atoms with Crippen molar-refractivity contribution < 1.29 is 19.2 Å². The molecule has 148 valence electrons. The number of ether oxygens (including phenoxy) is 2. The molecular weight excluding hydrogens is 352 g/mol. The molecule has 0 radical (unpaired) electrons. The van der Waals surface area contributed by atoms with E-state index in [2.05, 4.69) is 30.4 Å². The summed E-state index contributed by atoms with van der Waals surface area (Å²) in [4.78, 5) is 14.0. The second-order valence-electron chi connectivity index (χ2n) is 7.83. The third-order valence-electron chi connectivity index (χ3n) is 5.92. The largest absolute Gasteiger partial charge is 0.490 e. The van der Waals surface area contributed by atoms with E-state index < -0.39 is 0 Å². The predicted molar refractivity (Wildman–Crippen MR) is 109 cm³/mol. The fraction of sp³-hybridized carbons (Fsp3) is 0.435. The van der Waals surface area contributed by atoms with Crippen molar-refractivity contribution in [1.82, 2.24) is 0 Å². The van der Waals surface area contributed by atoms with Crippen molar-refractivity contribution in [3.63, 3.8) is 0 Å². The Kier molecular flexibility index (Phi) is 5.53. The van der Waals surface area contributed by atoms with Crippen LogP contribution in [0.4, 0.5) is 5.69 Å². The van der Waals surface area contributed by atoms with Crippen LogP contribution in [0, 0.1) is 13.8 Å². The highest BCUT2D eigenvalue weighted by molar-refractivity contribution is 5.92. The number of fused-ring (bicyclic) bond motifs is 1. The van der Waals surface area contributed by atoms with Crippen molar-refractivity contribution in [1.29, 1.82) is 0 Å². The molecule has 0 spiro atoms. The van der Waals surface area contributed by atoms with Crippen molar-refractivity contribution in [3.8, 4) is 11.5 Å². The molecule has 5 heteroatoms. The molecule has 0 aliphatic carbocycles. The Hall–Kier alpha value is -2.53. The molecule has 2 N–H and O–H groups in total. The maximum absolute atomic E-state index is 12.7. The summed E-state index contributed by atoms with van der Waals surface area (Å²) in [6.07, 6.45) is 3.13. The van der Waals surface area contributed by atoms with Gasteiger partial charge in [0.15, 0.2) is 18.0 Å². The van der Waals surface area contributed by atoms with Crippen LogP contribution in [-0.2, 0) is 4.79 Å². The average molecular weight is 381 g/mol. The normalized spacial score (nSPS) is 21.2. The Balaban J connectivity index is 1.46. The van der Waals surface area contributed by atoms with Gasteiger partial charge in [-0.1, -0.05) is 12.1 Å². The lowest BCUT2D eigenvalue weighted by Crippen LogP contribution is -3.11. The minimum Gasteiger partial charge on any atom is -0.490 e. The second-order valence-corrected chi connectivity index (χ2v) is 7.83. The summed E-state index contributed by atoms with van der Waals surface area (Å²) >= 11 is 0. The standard InChI is InChI=1S/C23H28N2O3/c1-16-6-3-7-19(17(16)2)24-23(26)15-25-11-4-8-20(25)18-9-10-21-22(14-18)28-13-5-12-27-21/h3,6-7,9-10,14,20H,4-5,8,11-13,15H2,1-2H3,(H,24,26)/p+1/t20-/m0/s1. The van der Waals surface area contributed by atoms with Crippen LogP contribution in [0.1, 0.15) is 42.0 Å². The van der Waals surface area contributed by atoms with E-state index >= 15 is 0 Å². The van der Waals surface area contributed by atoms with E-state index in [1.54, 1.807) is 0 Å². The minimum atomic E-state index is 0.0740. The van der Waals surface area contributed by atoms with Crippen molar-refractivity contribution in [2.24, 2.45) is 0 Å². The summed E-state index contributed by atoms with van der Waals surface area (Å²) in [5.41, 5.74) is 4.47. The molecule has 5 nitrogen and oxygen atoms in total. The third kappa shape index (κ3) is 3.99. The van der Waals surface area contributed by atoms with Gasteiger partial charge in [-0.15, -0.1) is 0 Å². The van der Waals surface area contributed by atoms with Gasteiger partial charge in [-0.05, 0) is 49.2 Å². The summed E-state index contributed by atoms with van der Waals surface area (Å²) in [5.74, 6) is 1.74. The van der Waals surface area contributed by atoms with Crippen LogP contribution in [0.15, 0.2) is 36.4 Å². The molecule has 1 amide bonds. The molecule has 0 saturated carbocycles. The van der Waals surface area contributed by atoms with Crippen LogP contribution >= 0.6 is 0 Å². The van der Waals surface area contributed by atoms with Crippen LogP contribution in [0.5, 0.6) is 11.5 Å². The molecular formula is C23H29N2O3+. The predicted octanol–water partition coefficient (Wildman–Crippen LogP) is 2.82. The molecule has 1 saturated heterocycles. The Morgan fingerprint density at radius 1 is 1.11 bits per heavy atom. The van der Waals surface area contributed by atoms with Crippen molar-refractivity contribution >= 4 is 11.6 Å². The Bertz CT molecular complexity index is 865. The molecule has 2 aromatic carbocycles. The van der Waals surface area contributed by atoms with Gasteiger partial charge in [0.1, 0.15) is 6.04 Å². The van der Waals surface area contributed by atoms with E-state index in [1.807, 2.05) is 25.1 Å². The fourth-order valence-electron chi connectivity index (χ4n) is 4.21. The zero-order valence-electron chi connectivity index (χ0n) is 16.7. The number of carbonyl (C=O) groups excluding carboxylic acids is 1. The van der Waals surface area contributed by atoms with Gasteiger partial charge in [0.2, 0.25) is 0 Å². The van der Waals surface area contributed by atoms with Crippen LogP contribution in [0.2, 0.25) is 0 Å². The molecule has 1 unspecified atom stereocenters. The average Bonchev–Trinajstić information content (AvgIpc) is 3.00. The molecule has 2 heterocycles. The number of anilines is 1. The van der Waals surface area contributed by atoms with E-state index in [1.165, 1.54) is 16.0 Å². The minimum absolute atomic E-state index is 0.0740. The fourth-order valence-corrected chi connectivity index (χ4v) is 4.21. The molecule has 2 aliphatic heterocycles. The number of quaternary nitrogens is 1. The van der Waals surface area contributed by atoms with Crippen LogP contribution < -0.4 is 19.7 Å². The van der Waals surface area contributed by atoms with Gasteiger partial charge in [0, 0.05) is 30.5 Å². The number of hydrogen-bond acceptors (Lipinski definition) is 3. The van der Waals surface area contributed by atoms with Crippen LogP contribution in [0.25, 0.3) is 0 Å². The van der Waals surface area contributed by atoms with Crippen molar-refractivity contribution in [3.05, 3.63) is 53.1 Å². The number of nitrogens with one attached hydrogen (secondary N) is 2. The van der Waals surface area contributed by atoms with Crippen molar-refractivity contribution in [2.45, 2.75) is 39.2 Å². The van der Waals surface area contributed by atoms with Gasteiger partial charge in [0.05, 0.1) is 19.8 Å². The molecule has 4 rings (SSSR count). The zero-order chi connectivity index (χ0) is 19.5. The van der Waals surface area contributed by atoms with Gasteiger partial charge >= 0.3 is 0 Å². The number of likely N-dealkylation sites (tertiary alicyclic amines) is 1. The summed E-state index contributed by atoms with van der Waals surface area (Å²) in [6, 6.07) is 12.6. The third-order valence-corrected chi connectivity index (χ3v) is 5.92. The first-order valence-corrected chi connectivity index (χ1v) is 10.2. The van der Waals surface area contributed by atoms with Gasteiger partial charge in [-0.2, -0.15) is 0 Å². The van der Waals surface area contributed by atoms with Gasteiger partial charge in [-0.25, -0.2) is 0 Å². The summed E-state index contributed by atoms with van der Waals surface area (Å²) in [7, 11) is 0. The first-order chi connectivity index (χ1) is 13.6. The van der Waals surface area contributed by atoms with E-state index in [9.17, 15) is 4.79 Å². The van der Waals surface area contributed by atoms with E-state index in [0.717, 1.165) is 48.6 Å². The highest BCUT2D eigenvalue weighted by Crippen LogP contribution is 2.33. The number of aryl methyl sites for hydroxylation is 1. The smallest absolute Gasteiger partial charge is 0.279 e. The first kappa shape index (κ1) is 18.8. The molecule has 2 atom stereocenters. The topological polar surface area (TPSA) is 52.0 Å². The Morgan fingerprint density at radius 3 is 2.79 bits per heavy atom. The SMILES string of the molecule is Cc1cccc(NC(=O)C[NH+]2CCC[C@H]2c2ccc3c(c2)OCCCO3)c1C. The Labute approximate surface area is 166 Å². The maximum atomic E-state index is 12.7. The molecule has 1 fully saturated rings. The van der Waals surface area contributed by atoms with Gasteiger partial charge in [-0.3, -0.25) is 4.79 Å². The van der Waals surface area contributed by atoms with Gasteiger partial charge < -0.3 is 19.7 Å². The first-order valence-electron chi connectivity index (χ1n) is 10.2. The van der Waals surface area contributed by atoms with Crippen LogP contribution in [0.3, 0.4) is 0 Å². The summed E-state index contributed by atoms with van der Waals surface area (Å²) < 4.78 is 11.6. The van der Waals surface area contributed by atoms with E-state index in [0.29, 0.717) is 25.8 Å². The number of hydrogen-bond donors (Lipinski definition) is 2. The molecule has 0 bridgehead atoms. The van der Waals surface area contributed by atoms with Crippen LogP contribution in [-0.4, -0.2) is 32.2 Å². The summed E-state index contributed by atoms with van der Waals surface area (Å²) in [5, 5.41) is 3.10. The highest BCUT2D eigenvalue weighted by Gasteiger charge is 2.32.